The minimum Gasteiger partial charge on any atom is -0.492 e. The molecule has 3 aromatic rings. The zero-order chi connectivity index (χ0) is 22.6. The lowest BCUT2D eigenvalue weighted by molar-refractivity contribution is 0.0924. The van der Waals surface area contributed by atoms with Gasteiger partial charge in [-0.3, -0.25) is 9.69 Å². The van der Waals surface area contributed by atoms with Crippen LogP contribution in [0.5, 0.6) is 5.75 Å². The van der Waals surface area contributed by atoms with E-state index >= 15 is 0 Å². The number of thioether (sulfide) groups is 1. The van der Waals surface area contributed by atoms with Crippen LogP contribution in [0.4, 0.5) is 0 Å². The summed E-state index contributed by atoms with van der Waals surface area (Å²) >= 11 is 1.77. The fourth-order valence-electron chi connectivity index (χ4n) is 4.79. The highest BCUT2D eigenvalue weighted by atomic mass is 32.2. The molecular weight excluding hydrogens is 428 g/mol. The molecule has 2 aliphatic rings. The number of benzene rings is 3. The van der Waals surface area contributed by atoms with Crippen LogP contribution in [-0.2, 0) is 25.1 Å². The van der Waals surface area contributed by atoms with Crippen LogP contribution in [0, 0.1) is 0 Å². The van der Waals surface area contributed by atoms with Crippen LogP contribution < -0.4 is 10.1 Å². The van der Waals surface area contributed by atoms with Crippen LogP contribution in [0.15, 0.2) is 71.6 Å². The lowest BCUT2D eigenvalue weighted by Crippen LogP contribution is -2.47. The van der Waals surface area contributed by atoms with Crippen LogP contribution in [-0.4, -0.2) is 36.5 Å². The molecule has 0 bridgehead atoms. The highest BCUT2D eigenvalue weighted by Gasteiger charge is 2.27. The second-order valence-electron chi connectivity index (χ2n) is 8.73. The predicted octanol–water partition coefficient (Wildman–Crippen LogP) is 5.09. The van der Waals surface area contributed by atoms with E-state index in [0.29, 0.717) is 24.8 Å². The fraction of sp³-hybridized carbons (Fsp3) is 0.321. The first-order valence-electron chi connectivity index (χ1n) is 11.8. The molecule has 5 rings (SSSR count). The van der Waals surface area contributed by atoms with Crippen molar-refractivity contribution in [3.63, 3.8) is 0 Å². The second kappa shape index (κ2) is 10.0. The number of amides is 1. The molecule has 1 atom stereocenters. The van der Waals surface area contributed by atoms with E-state index in [1.54, 1.807) is 11.8 Å². The summed E-state index contributed by atoms with van der Waals surface area (Å²) in [5.41, 5.74) is 5.88. The third kappa shape index (κ3) is 4.94. The zero-order valence-electron chi connectivity index (χ0n) is 19.0. The average molecular weight is 459 g/mol. The zero-order valence-corrected chi connectivity index (χ0v) is 19.9. The van der Waals surface area contributed by atoms with E-state index < -0.39 is 0 Å². The van der Waals surface area contributed by atoms with E-state index in [1.807, 2.05) is 12.1 Å². The first kappa shape index (κ1) is 22.1. The molecule has 0 spiro atoms. The number of hydrogen-bond acceptors (Lipinski definition) is 4. The Labute approximate surface area is 200 Å². The van der Waals surface area contributed by atoms with Crippen molar-refractivity contribution in [1.82, 2.24) is 10.2 Å². The number of likely N-dealkylation sites (N-methyl/N-ethyl adjacent to an activating group) is 1. The molecule has 0 unspecified atom stereocenters. The van der Waals surface area contributed by atoms with E-state index in [0.717, 1.165) is 47.9 Å². The summed E-state index contributed by atoms with van der Waals surface area (Å²) in [5, 5.41) is 3.22. The average Bonchev–Trinajstić information content (AvgIpc) is 3.34. The van der Waals surface area contributed by atoms with Crippen molar-refractivity contribution in [2.75, 3.05) is 19.7 Å². The van der Waals surface area contributed by atoms with Crippen LogP contribution >= 0.6 is 11.8 Å². The van der Waals surface area contributed by atoms with Gasteiger partial charge in [0, 0.05) is 36.2 Å². The van der Waals surface area contributed by atoms with Gasteiger partial charge >= 0.3 is 0 Å². The van der Waals surface area contributed by atoms with Gasteiger partial charge in [0.05, 0.1) is 12.2 Å². The van der Waals surface area contributed by atoms with Crippen LogP contribution in [0.1, 0.15) is 39.5 Å². The van der Waals surface area contributed by atoms with Crippen LogP contribution in [0.3, 0.4) is 0 Å². The lowest BCUT2D eigenvalue weighted by Gasteiger charge is -2.36. The van der Waals surface area contributed by atoms with Gasteiger partial charge in [-0.25, -0.2) is 0 Å². The molecule has 0 aliphatic carbocycles. The Morgan fingerprint density at radius 1 is 1.06 bits per heavy atom. The molecule has 0 saturated carbocycles. The van der Waals surface area contributed by atoms with Crippen molar-refractivity contribution in [2.24, 2.45) is 0 Å². The molecule has 170 valence electrons. The SMILES string of the molecule is CCN1Cc2ccccc2C[C@@H]1CNC(=O)c1cc(SCc2ccccc2)cc2c1OCC2. The number of rotatable bonds is 7. The minimum absolute atomic E-state index is 0.0368. The third-order valence-electron chi connectivity index (χ3n) is 6.62. The van der Waals surface area contributed by atoms with Gasteiger partial charge in [-0.1, -0.05) is 61.5 Å². The Balaban J connectivity index is 1.29. The van der Waals surface area contributed by atoms with E-state index in [4.69, 9.17) is 4.74 Å². The van der Waals surface area contributed by atoms with Crippen molar-refractivity contribution in [2.45, 2.75) is 43.0 Å². The number of fused-ring (bicyclic) bond motifs is 2. The van der Waals surface area contributed by atoms with Crippen molar-refractivity contribution < 1.29 is 9.53 Å². The Morgan fingerprint density at radius 3 is 2.67 bits per heavy atom. The molecule has 1 N–H and O–H groups in total. The maximum absolute atomic E-state index is 13.3. The molecule has 33 heavy (non-hydrogen) atoms. The smallest absolute Gasteiger partial charge is 0.255 e. The number of nitrogens with one attached hydrogen (secondary N) is 1. The van der Waals surface area contributed by atoms with Gasteiger partial charge < -0.3 is 10.1 Å². The van der Waals surface area contributed by atoms with E-state index in [-0.39, 0.29) is 5.91 Å². The number of ether oxygens (including phenoxy) is 1. The maximum atomic E-state index is 13.3. The van der Waals surface area contributed by atoms with Gasteiger partial charge in [-0.05, 0) is 47.4 Å². The highest BCUT2D eigenvalue weighted by molar-refractivity contribution is 7.98. The van der Waals surface area contributed by atoms with Crippen molar-refractivity contribution in [3.05, 3.63) is 94.5 Å². The molecule has 2 aliphatic heterocycles. The van der Waals surface area contributed by atoms with Gasteiger partial charge in [0.1, 0.15) is 5.75 Å². The molecule has 0 saturated heterocycles. The van der Waals surface area contributed by atoms with Crippen molar-refractivity contribution >= 4 is 17.7 Å². The monoisotopic (exact) mass is 458 g/mol. The standard InChI is InChI=1S/C28H30N2O2S/c1-2-30-18-23-11-7-6-10-21(23)14-24(30)17-29-28(31)26-16-25(15-22-12-13-32-27(22)26)33-19-20-8-4-3-5-9-20/h3-11,15-16,24H,2,12-14,17-19H2,1H3,(H,29,31)/t24-/m1/s1. The van der Waals surface area contributed by atoms with Gasteiger partial charge in [-0.15, -0.1) is 11.8 Å². The molecule has 5 heteroatoms. The fourth-order valence-corrected chi connectivity index (χ4v) is 5.74. The Morgan fingerprint density at radius 2 is 1.85 bits per heavy atom. The molecule has 0 fully saturated rings. The third-order valence-corrected chi connectivity index (χ3v) is 7.67. The maximum Gasteiger partial charge on any atom is 0.255 e. The number of carbonyl (C=O) groups is 1. The summed E-state index contributed by atoms with van der Waals surface area (Å²) in [6.45, 7) is 5.38. The molecular formula is C28H30N2O2S. The summed E-state index contributed by atoms with van der Waals surface area (Å²) in [4.78, 5) is 16.9. The largest absolute Gasteiger partial charge is 0.492 e. The summed E-state index contributed by atoms with van der Waals surface area (Å²) in [5.74, 6) is 1.61. The number of hydrogen-bond donors (Lipinski definition) is 1. The van der Waals surface area contributed by atoms with Crippen molar-refractivity contribution in [1.29, 1.82) is 0 Å². The van der Waals surface area contributed by atoms with Gasteiger partial charge in [0.15, 0.2) is 0 Å². The van der Waals surface area contributed by atoms with E-state index in [1.165, 1.54) is 16.7 Å². The first-order valence-corrected chi connectivity index (χ1v) is 12.8. The Bertz CT molecular complexity index is 1130. The minimum atomic E-state index is -0.0368. The van der Waals surface area contributed by atoms with E-state index in [9.17, 15) is 4.79 Å². The summed E-state index contributed by atoms with van der Waals surface area (Å²) in [7, 11) is 0. The number of nitrogens with zero attached hydrogens (tertiary/aromatic N) is 1. The molecule has 3 aromatic carbocycles. The van der Waals surface area contributed by atoms with Crippen LogP contribution in [0.2, 0.25) is 0 Å². The predicted molar refractivity (Wildman–Crippen MR) is 134 cm³/mol. The topological polar surface area (TPSA) is 41.6 Å². The molecule has 2 heterocycles. The van der Waals surface area contributed by atoms with Gasteiger partial charge in [0.25, 0.3) is 5.91 Å². The summed E-state index contributed by atoms with van der Waals surface area (Å²) < 4.78 is 5.87. The second-order valence-corrected chi connectivity index (χ2v) is 9.78. The summed E-state index contributed by atoms with van der Waals surface area (Å²) in [6, 6.07) is 23.6. The first-order chi connectivity index (χ1) is 16.2. The summed E-state index contributed by atoms with van der Waals surface area (Å²) in [6.07, 6.45) is 1.82. The molecule has 0 radical (unpaired) electrons. The Hall–Kier alpha value is -2.76. The highest BCUT2D eigenvalue weighted by Crippen LogP contribution is 2.35. The molecule has 1 amide bonds. The molecule has 4 nitrogen and oxygen atoms in total. The van der Waals surface area contributed by atoms with Crippen LogP contribution in [0.25, 0.3) is 0 Å². The van der Waals surface area contributed by atoms with Crippen molar-refractivity contribution in [3.8, 4) is 5.75 Å². The quantitative estimate of drug-likeness (QED) is 0.501. The van der Waals surface area contributed by atoms with E-state index in [2.05, 4.69) is 71.7 Å². The Kier molecular flexibility index (Phi) is 6.70. The number of carbonyl (C=O) groups excluding carboxylic acids is 1. The lowest BCUT2D eigenvalue weighted by atomic mass is 9.94. The van der Waals surface area contributed by atoms with Gasteiger partial charge in [-0.2, -0.15) is 0 Å². The molecule has 0 aromatic heterocycles. The van der Waals surface area contributed by atoms with Gasteiger partial charge in [0.2, 0.25) is 0 Å². The normalized spacial score (nSPS) is 17.2.